The molecular formula is C27H21N3O. The van der Waals surface area contributed by atoms with Crippen molar-refractivity contribution in [2.24, 2.45) is 5.10 Å². The fraction of sp³-hybridized carbons (Fsp3) is 0.0370. The summed E-state index contributed by atoms with van der Waals surface area (Å²) in [6.07, 6.45) is 1.74. The lowest BCUT2D eigenvalue weighted by Crippen LogP contribution is -2.25. The Balaban J connectivity index is 1.34. The standard InChI is InChI=1S/C27H21N3O/c31-27(18-28-26-15-7-11-19-8-1-6-14-24(19)26)30-29-17-25-22-12-4-2-9-20(22)16-21-10-3-5-13-23(21)25/h1-17,28H,18H2,(H,30,31). The summed E-state index contributed by atoms with van der Waals surface area (Å²) in [5.41, 5.74) is 4.57. The molecule has 5 aromatic carbocycles. The molecule has 0 saturated carbocycles. The third kappa shape index (κ3) is 3.83. The van der Waals surface area contributed by atoms with E-state index in [0.717, 1.165) is 43.6 Å². The minimum Gasteiger partial charge on any atom is -0.376 e. The number of nitrogens with zero attached hydrogens (tertiary/aromatic N) is 1. The summed E-state index contributed by atoms with van der Waals surface area (Å²) in [4.78, 5) is 12.4. The van der Waals surface area contributed by atoms with Gasteiger partial charge in [0.05, 0.1) is 12.8 Å². The van der Waals surface area contributed by atoms with Gasteiger partial charge < -0.3 is 5.32 Å². The van der Waals surface area contributed by atoms with Gasteiger partial charge in [0, 0.05) is 16.6 Å². The SMILES string of the molecule is O=C(CNc1cccc2ccccc12)NN=Cc1c2ccccc2cc2ccccc12. The lowest BCUT2D eigenvalue weighted by Gasteiger charge is -2.09. The van der Waals surface area contributed by atoms with E-state index in [9.17, 15) is 4.79 Å². The topological polar surface area (TPSA) is 53.5 Å². The van der Waals surface area contributed by atoms with Crippen LogP contribution in [-0.4, -0.2) is 18.7 Å². The Bertz CT molecular complexity index is 1380. The fourth-order valence-electron chi connectivity index (χ4n) is 3.95. The number of benzene rings is 5. The van der Waals surface area contributed by atoms with Crippen LogP contribution in [0.3, 0.4) is 0 Å². The van der Waals surface area contributed by atoms with Crippen molar-refractivity contribution < 1.29 is 4.79 Å². The van der Waals surface area contributed by atoms with E-state index in [1.165, 1.54) is 0 Å². The van der Waals surface area contributed by atoms with Crippen LogP contribution in [0.5, 0.6) is 0 Å². The molecule has 5 aromatic rings. The quantitative estimate of drug-likeness (QED) is 0.224. The third-order valence-electron chi connectivity index (χ3n) is 5.42. The molecule has 0 aliphatic carbocycles. The van der Waals surface area contributed by atoms with Gasteiger partial charge in [-0.25, -0.2) is 5.43 Å². The zero-order chi connectivity index (χ0) is 21.0. The summed E-state index contributed by atoms with van der Waals surface area (Å²) in [6.45, 7) is 0.141. The van der Waals surface area contributed by atoms with Gasteiger partial charge >= 0.3 is 0 Å². The molecule has 0 aliphatic heterocycles. The van der Waals surface area contributed by atoms with E-state index in [1.807, 2.05) is 54.6 Å². The smallest absolute Gasteiger partial charge is 0.259 e. The fourth-order valence-corrected chi connectivity index (χ4v) is 3.95. The Morgan fingerprint density at radius 1 is 0.710 bits per heavy atom. The van der Waals surface area contributed by atoms with Crippen LogP contribution < -0.4 is 10.7 Å². The molecule has 2 N–H and O–H groups in total. The van der Waals surface area contributed by atoms with E-state index >= 15 is 0 Å². The molecule has 5 rings (SSSR count). The maximum Gasteiger partial charge on any atom is 0.259 e. The second-order valence-corrected chi connectivity index (χ2v) is 7.41. The first-order valence-corrected chi connectivity index (χ1v) is 10.2. The summed E-state index contributed by atoms with van der Waals surface area (Å²) in [6, 6.07) is 32.7. The molecular weight excluding hydrogens is 382 g/mol. The van der Waals surface area contributed by atoms with Gasteiger partial charge in [-0.05, 0) is 39.1 Å². The lowest BCUT2D eigenvalue weighted by atomic mass is 9.97. The van der Waals surface area contributed by atoms with Gasteiger partial charge in [0.1, 0.15) is 0 Å². The summed E-state index contributed by atoms with van der Waals surface area (Å²) >= 11 is 0. The van der Waals surface area contributed by atoms with Crippen molar-refractivity contribution >= 4 is 50.1 Å². The molecule has 31 heavy (non-hydrogen) atoms. The molecule has 0 aliphatic rings. The monoisotopic (exact) mass is 403 g/mol. The number of rotatable bonds is 5. The van der Waals surface area contributed by atoms with Gasteiger partial charge in [0.2, 0.25) is 0 Å². The van der Waals surface area contributed by atoms with Crippen LogP contribution in [0.15, 0.2) is 102 Å². The number of fused-ring (bicyclic) bond motifs is 3. The number of carbonyl (C=O) groups is 1. The van der Waals surface area contributed by atoms with E-state index in [1.54, 1.807) is 6.21 Å². The summed E-state index contributed by atoms with van der Waals surface area (Å²) in [5, 5.41) is 14.2. The van der Waals surface area contributed by atoms with E-state index in [4.69, 9.17) is 0 Å². The van der Waals surface area contributed by atoms with E-state index in [2.05, 4.69) is 58.3 Å². The Labute approximate surface area is 180 Å². The molecule has 0 saturated heterocycles. The molecule has 0 aromatic heterocycles. The van der Waals surface area contributed by atoms with Crippen LogP contribution in [-0.2, 0) is 4.79 Å². The predicted molar refractivity (Wildman–Crippen MR) is 130 cm³/mol. The second kappa shape index (κ2) is 8.28. The summed E-state index contributed by atoms with van der Waals surface area (Å²) in [5.74, 6) is -0.200. The number of carbonyl (C=O) groups excluding carboxylic acids is 1. The van der Waals surface area contributed by atoms with Crippen LogP contribution >= 0.6 is 0 Å². The van der Waals surface area contributed by atoms with Gasteiger partial charge in [-0.3, -0.25) is 4.79 Å². The van der Waals surface area contributed by atoms with Crippen LogP contribution in [0.2, 0.25) is 0 Å². The van der Waals surface area contributed by atoms with Crippen molar-refractivity contribution in [3.05, 3.63) is 103 Å². The molecule has 1 amide bonds. The maximum atomic E-state index is 12.4. The third-order valence-corrected chi connectivity index (χ3v) is 5.42. The number of hydrogen-bond acceptors (Lipinski definition) is 3. The first kappa shape index (κ1) is 18.8. The Hall–Kier alpha value is -4.18. The molecule has 0 atom stereocenters. The van der Waals surface area contributed by atoms with Gasteiger partial charge in [-0.1, -0.05) is 84.9 Å². The second-order valence-electron chi connectivity index (χ2n) is 7.41. The van der Waals surface area contributed by atoms with Gasteiger partial charge in [-0.15, -0.1) is 0 Å². The molecule has 0 bridgehead atoms. The zero-order valence-electron chi connectivity index (χ0n) is 16.9. The molecule has 0 heterocycles. The predicted octanol–water partition coefficient (Wildman–Crippen LogP) is 5.71. The Morgan fingerprint density at radius 2 is 1.29 bits per heavy atom. The van der Waals surface area contributed by atoms with Crippen molar-refractivity contribution in [2.75, 3.05) is 11.9 Å². The first-order valence-electron chi connectivity index (χ1n) is 10.2. The van der Waals surface area contributed by atoms with Gasteiger partial charge in [0.15, 0.2) is 0 Å². The first-order chi connectivity index (χ1) is 15.3. The minimum absolute atomic E-state index is 0.141. The average Bonchev–Trinajstić information content (AvgIpc) is 2.82. The van der Waals surface area contributed by atoms with Crippen LogP contribution in [0, 0.1) is 0 Å². The molecule has 4 heteroatoms. The number of anilines is 1. The number of amides is 1. The highest BCUT2D eigenvalue weighted by atomic mass is 16.2. The molecule has 4 nitrogen and oxygen atoms in total. The van der Waals surface area contributed by atoms with Crippen LogP contribution in [0.25, 0.3) is 32.3 Å². The minimum atomic E-state index is -0.200. The van der Waals surface area contributed by atoms with Crippen molar-refractivity contribution in [3.63, 3.8) is 0 Å². The van der Waals surface area contributed by atoms with E-state index in [0.29, 0.717) is 0 Å². The normalized spacial score (nSPS) is 11.4. The number of hydrazone groups is 1. The maximum absolute atomic E-state index is 12.4. The van der Waals surface area contributed by atoms with Crippen molar-refractivity contribution in [1.82, 2.24) is 5.43 Å². The zero-order valence-corrected chi connectivity index (χ0v) is 16.9. The summed E-state index contributed by atoms with van der Waals surface area (Å²) in [7, 11) is 0. The van der Waals surface area contributed by atoms with Gasteiger partial charge in [0.25, 0.3) is 5.91 Å². The average molecular weight is 403 g/mol. The molecule has 0 unspecified atom stereocenters. The Kier molecular flexibility index (Phi) is 5.03. The van der Waals surface area contributed by atoms with Crippen molar-refractivity contribution in [2.45, 2.75) is 0 Å². The van der Waals surface area contributed by atoms with Crippen molar-refractivity contribution in [3.8, 4) is 0 Å². The van der Waals surface area contributed by atoms with Gasteiger partial charge in [-0.2, -0.15) is 5.10 Å². The molecule has 0 radical (unpaired) electrons. The molecule has 0 fully saturated rings. The highest BCUT2D eigenvalue weighted by molar-refractivity contribution is 6.13. The molecule has 0 spiro atoms. The van der Waals surface area contributed by atoms with Crippen LogP contribution in [0.4, 0.5) is 5.69 Å². The highest BCUT2D eigenvalue weighted by Crippen LogP contribution is 2.27. The van der Waals surface area contributed by atoms with E-state index < -0.39 is 0 Å². The largest absolute Gasteiger partial charge is 0.376 e. The highest BCUT2D eigenvalue weighted by Gasteiger charge is 2.06. The van der Waals surface area contributed by atoms with Crippen molar-refractivity contribution in [1.29, 1.82) is 0 Å². The number of nitrogens with one attached hydrogen (secondary N) is 2. The molecule has 150 valence electrons. The Morgan fingerprint density at radius 3 is 2.00 bits per heavy atom. The summed E-state index contributed by atoms with van der Waals surface area (Å²) < 4.78 is 0. The van der Waals surface area contributed by atoms with E-state index in [-0.39, 0.29) is 12.5 Å². The van der Waals surface area contributed by atoms with Crippen LogP contribution in [0.1, 0.15) is 5.56 Å². The lowest BCUT2D eigenvalue weighted by molar-refractivity contribution is -0.119. The number of hydrogen-bond donors (Lipinski definition) is 2.